The quantitative estimate of drug-likeness (QED) is 0.648. The van der Waals surface area contributed by atoms with Crippen LogP contribution in [0.25, 0.3) is 0 Å². The first-order valence-electron chi connectivity index (χ1n) is 10.2. The maximum atomic E-state index is 12.9. The molecule has 3 aromatic rings. The van der Waals surface area contributed by atoms with Gasteiger partial charge in [-0.2, -0.15) is 0 Å². The van der Waals surface area contributed by atoms with Crippen LogP contribution in [0.3, 0.4) is 0 Å². The lowest BCUT2D eigenvalue weighted by atomic mass is 10.2. The van der Waals surface area contributed by atoms with E-state index in [1.165, 1.54) is 11.3 Å². The van der Waals surface area contributed by atoms with Gasteiger partial charge in [-0.05, 0) is 54.4 Å². The number of carbonyl (C=O) groups is 1. The van der Waals surface area contributed by atoms with Gasteiger partial charge in [0, 0.05) is 49.1 Å². The van der Waals surface area contributed by atoms with E-state index in [0.717, 1.165) is 49.1 Å². The Bertz CT molecular complexity index is 1050. The van der Waals surface area contributed by atoms with Crippen molar-refractivity contribution in [2.24, 2.45) is 0 Å². The molecule has 2 aliphatic rings. The molecule has 3 heterocycles. The van der Waals surface area contributed by atoms with Crippen molar-refractivity contribution < 1.29 is 4.79 Å². The van der Waals surface area contributed by atoms with Crippen molar-refractivity contribution in [2.45, 2.75) is 6.42 Å². The van der Waals surface area contributed by atoms with Crippen LogP contribution in [0.15, 0.2) is 60.7 Å². The molecule has 1 aromatic heterocycles. The molecule has 0 N–H and O–H groups in total. The van der Waals surface area contributed by atoms with E-state index in [9.17, 15) is 4.79 Å². The van der Waals surface area contributed by atoms with Gasteiger partial charge in [-0.25, -0.2) is 0 Å². The number of halogens is 1. The highest BCUT2D eigenvalue weighted by Gasteiger charge is 2.26. The summed E-state index contributed by atoms with van der Waals surface area (Å²) in [6, 6.07) is 19.7. The summed E-state index contributed by atoms with van der Waals surface area (Å²) in [5.41, 5.74) is 3.74. The Balaban J connectivity index is 1.24. The average Bonchev–Trinajstić information content (AvgIpc) is 3.24. The Kier molecular flexibility index (Phi) is 5.01. The van der Waals surface area contributed by atoms with E-state index < -0.39 is 0 Å². The lowest BCUT2D eigenvalue weighted by molar-refractivity contribution is 0.0983. The maximum absolute atomic E-state index is 12.9. The molecule has 2 aliphatic heterocycles. The summed E-state index contributed by atoms with van der Waals surface area (Å²) in [5, 5.41) is 9.35. The number of rotatable bonds is 3. The number of aromatic nitrogens is 2. The summed E-state index contributed by atoms with van der Waals surface area (Å²) in [6.07, 6.45) is 0.880. The molecule has 0 atom stereocenters. The number of piperazine rings is 1. The second kappa shape index (κ2) is 7.95. The molecule has 0 bridgehead atoms. The number of benzene rings is 2. The third kappa shape index (κ3) is 3.59. The molecule has 5 rings (SSSR count). The standard InChI is InChI=1S/C23H22ClN5O/c24-18-5-7-19(8-6-18)27-13-15-28(16-14-27)22-10-9-20(25-26-22)23(30)29-12-11-17-3-1-2-4-21(17)29/h1-10H,11-16H2. The zero-order valence-corrected chi connectivity index (χ0v) is 17.3. The van der Waals surface area contributed by atoms with Crippen LogP contribution in [-0.4, -0.2) is 48.8 Å². The predicted molar refractivity (Wildman–Crippen MR) is 120 cm³/mol. The summed E-state index contributed by atoms with van der Waals surface area (Å²) < 4.78 is 0. The number of para-hydroxylation sites is 1. The Morgan fingerprint density at radius 1 is 0.800 bits per heavy atom. The number of anilines is 3. The number of carbonyl (C=O) groups excluding carboxylic acids is 1. The van der Waals surface area contributed by atoms with Crippen molar-refractivity contribution in [3.63, 3.8) is 0 Å². The second-order valence-electron chi connectivity index (χ2n) is 7.56. The van der Waals surface area contributed by atoms with Gasteiger partial charge < -0.3 is 14.7 Å². The van der Waals surface area contributed by atoms with E-state index in [4.69, 9.17) is 11.6 Å². The van der Waals surface area contributed by atoms with Crippen LogP contribution in [-0.2, 0) is 6.42 Å². The van der Waals surface area contributed by atoms with Gasteiger partial charge in [0.05, 0.1) is 0 Å². The van der Waals surface area contributed by atoms with Crippen molar-refractivity contribution in [1.82, 2.24) is 10.2 Å². The molecule has 6 nitrogen and oxygen atoms in total. The Labute approximate surface area is 180 Å². The summed E-state index contributed by atoms with van der Waals surface area (Å²) in [7, 11) is 0. The first-order valence-corrected chi connectivity index (χ1v) is 10.6. The van der Waals surface area contributed by atoms with E-state index in [1.54, 1.807) is 11.0 Å². The van der Waals surface area contributed by atoms with E-state index in [2.05, 4.69) is 38.2 Å². The van der Waals surface area contributed by atoms with Gasteiger partial charge in [-0.15, -0.1) is 10.2 Å². The smallest absolute Gasteiger partial charge is 0.278 e. The molecule has 7 heteroatoms. The highest BCUT2D eigenvalue weighted by Crippen LogP contribution is 2.28. The Morgan fingerprint density at radius 3 is 2.27 bits per heavy atom. The van der Waals surface area contributed by atoms with Crippen LogP contribution in [0, 0.1) is 0 Å². The van der Waals surface area contributed by atoms with Gasteiger partial charge in [0.2, 0.25) is 0 Å². The fraction of sp³-hybridized carbons (Fsp3) is 0.261. The third-order valence-corrected chi connectivity index (χ3v) is 6.05. The van der Waals surface area contributed by atoms with Gasteiger partial charge in [-0.3, -0.25) is 4.79 Å². The van der Waals surface area contributed by atoms with Gasteiger partial charge in [-0.1, -0.05) is 29.8 Å². The fourth-order valence-corrected chi connectivity index (χ4v) is 4.27. The minimum absolute atomic E-state index is 0.0912. The minimum Gasteiger partial charge on any atom is -0.368 e. The number of hydrogen-bond acceptors (Lipinski definition) is 5. The van der Waals surface area contributed by atoms with E-state index >= 15 is 0 Å². The molecule has 1 amide bonds. The highest BCUT2D eigenvalue weighted by atomic mass is 35.5. The Hall–Kier alpha value is -3.12. The zero-order valence-electron chi connectivity index (χ0n) is 16.5. The molecule has 2 aromatic carbocycles. The predicted octanol–water partition coefficient (Wildman–Crippen LogP) is 3.66. The average molecular weight is 420 g/mol. The number of nitrogens with zero attached hydrogens (tertiary/aromatic N) is 5. The normalized spacial score (nSPS) is 16.0. The molecular formula is C23H22ClN5O. The molecule has 0 aliphatic carbocycles. The molecule has 0 unspecified atom stereocenters. The summed E-state index contributed by atoms with van der Waals surface area (Å²) in [4.78, 5) is 19.3. The lowest BCUT2D eigenvalue weighted by Crippen LogP contribution is -2.47. The van der Waals surface area contributed by atoms with Crippen molar-refractivity contribution in [3.8, 4) is 0 Å². The van der Waals surface area contributed by atoms with E-state index in [-0.39, 0.29) is 5.91 Å². The van der Waals surface area contributed by atoms with Gasteiger partial charge in [0.25, 0.3) is 5.91 Å². The van der Waals surface area contributed by atoms with Crippen LogP contribution in [0.1, 0.15) is 16.1 Å². The lowest BCUT2D eigenvalue weighted by Gasteiger charge is -2.36. The summed E-state index contributed by atoms with van der Waals surface area (Å²) >= 11 is 5.99. The molecule has 0 saturated carbocycles. The second-order valence-corrected chi connectivity index (χ2v) is 8.00. The molecule has 0 spiro atoms. The molecular weight excluding hydrogens is 398 g/mol. The van der Waals surface area contributed by atoms with Crippen LogP contribution < -0.4 is 14.7 Å². The van der Waals surface area contributed by atoms with Crippen molar-refractivity contribution in [2.75, 3.05) is 47.4 Å². The van der Waals surface area contributed by atoms with Crippen LogP contribution in [0.2, 0.25) is 5.02 Å². The first kappa shape index (κ1) is 18.9. The van der Waals surface area contributed by atoms with Gasteiger partial charge in [0.15, 0.2) is 11.5 Å². The van der Waals surface area contributed by atoms with E-state index in [0.29, 0.717) is 12.2 Å². The summed E-state index contributed by atoms with van der Waals surface area (Å²) in [6.45, 7) is 4.19. The van der Waals surface area contributed by atoms with Gasteiger partial charge >= 0.3 is 0 Å². The molecule has 30 heavy (non-hydrogen) atoms. The van der Waals surface area contributed by atoms with Crippen molar-refractivity contribution in [3.05, 3.63) is 76.9 Å². The third-order valence-electron chi connectivity index (χ3n) is 5.80. The van der Waals surface area contributed by atoms with Crippen molar-refractivity contribution in [1.29, 1.82) is 0 Å². The van der Waals surface area contributed by atoms with Crippen LogP contribution in [0.5, 0.6) is 0 Å². The number of fused-ring (bicyclic) bond motifs is 1. The highest BCUT2D eigenvalue weighted by molar-refractivity contribution is 6.30. The fourth-order valence-electron chi connectivity index (χ4n) is 4.14. The van der Waals surface area contributed by atoms with Crippen LogP contribution in [0.4, 0.5) is 17.2 Å². The van der Waals surface area contributed by atoms with E-state index in [1.807, 2.05) is 36.4 Å². The maximum Gasteiger partial charge on any atom is 0.278 e. The summed E-state index contributed by atoms with van der Waals surface area (Å²) in [5.74, 6) is 0.718. The Morgan fingerprint density at radius 2 is 1.53 bits per heavy atom. The molecule has 1 saturated heterocycles. The molecule has 152 valence electrons. The monoisotopic (exact) mass is 419 g/mol. The molecule has 0 radical (unpaired) electrons. The van der Waals surface area contributed by atoms with Gasteiger partial charge in [0.1, 0.15) is 0 Å². The number of amides is 1. The topological polar surface area (TPSA) is 52.6 Å². The number of hydrogen-bond donors (Lipinski definition) is 0. The SMILES string of the molecule is O=C(c1ccc(N2CCN(c3ccc(Cl)cc3)CC2)nn1)N1CCc2ccccc21. The largest absolute Gasteiger partial charge is 0.368 e. The van der Waals surface area contributed by atoms with Crippen LogP contribution >= 0.6 is 11.6 Å². The molecule has 1 fully saturated rings. The zero-order chi connectivity index (χ0) is 20.5. The first-order chi connectivity index (χ1) is 14.7. The van der Waals surface area contributed by atoms with Crippen molar-refractivity contribution >= 4 is 34.7 Å². The minimum atomic E-state index is -0.0912.